The highest BCUT2D eigenvalue weighted by Gasteiger charge is 2.16. The monoisotopic (exact) mass is 82.0 g/mol. The number of hydrogen-bond donors (Lipinski definition) is 0. The standard InChI is InChI=1S/C5H6O/c1-4-2-5(4)3-6/h2-4H,1H3. The molecule has 1 heteroatoms. The lowest BCUT2D eigenvalue weighted by Crippen LogP contribution is -1.68. The number of aldehydes is 1. The minimum atomic E-state index is 0.488. The number of allylic oxidation sites excluding steroid dienone is 2. The van der Waals surface area contributed by atoms with Crippen molar-refractivity contribution < 1.29 is 4.79 Å². The van der Waals surface area contributed by atoms with E-state index in [-0.39, 0.29) is 0 Å². The molecule has 0 heterocycles. The van der Waals surface area contributed by atoms with E-state index in [1.807, 2.05) is 13.0 Å². The van der Waals surface area contributed by atoms with Gasteiger partial charge in [0.15, 0.2) is 0 Å². The highest BCUT2D eigenvalue weighted by molar-refractivity contribution is 5.80. The smallest absolute Gasteiger partial charge is 0.146 e. The molecule has 1 aliphatic rings. The molecule has 0 aliphatic heterocycles. The van der Waals surface area contributed by atoms with Crippen LogP contribution in [0.3, 0.4) is 0 Å². The molecule has 1 nitrogen and oxygen atoms in total. The second-order valence-corrected chi connectivity index (χ2v) is 1.57. The third-order valence-electron chi connectivity index (χ3n) is 0.995. The molecule has 0 aromatic carbocycles. The average molecular weight is 82.1 g/mol. The molecule has 6 heavy (non-hydrogen) atoms. The molecule has 0 radical (unpaired) electrons. The molecule has 1 aliphatic carbocycles. The molecule has 0 fully saturated rings. The summed E-state index contributed by atoms with van der Waals surface area (Å²) in [6, 6.07) is 0. The highest BCUT2D eigenvalue weighted by atomic mass is 16.1. The van der Waals surface area contributed by atoms with Crippen molar-refractivity contribution in [1.82, 2.24) is 0 Å². The molecule has 32 valence electrons. The van der Waals surface area contributed by atoms with E-state index in [2.05, 4.69) is 0 Å². The summed E-state index contributed by atoms with van der Waals surface area (Å²) < 4.78 is 0. The van der Waals surface area contributed by atoms with Gasteiger partial charge in [-0.3, -0.25) is 4.79 Å². The van der Waals surface area contributed by atoms with E-state index >= 15 is 0 Å². The molecule has 1 atom stereocenters. The lowest BCUT2D eigenvalue weighted by molar-refractivity contribution is -0.104. The maximum atomic E-state index is 9.71. The van der Waals surface area contributed by atoms with Gasteiger partial charge in [0.25, 0.3) is 0 Å². The maximum Gasteiger partial charge on any atom is 0.146 e. The van der Waals surface area contributed by atoms with Gasteiger partial charge in [0.1, 0.15) is 6.29 Å². The van der Waals surface area contributed by atoms with E-state index in [4.69, 9.17) is 0 Å². The van der Waals surface area contributed by atoms with Crippen LogP contribution in [-0.4, -0.2) is 6.29 Å². The van der Waals surface area contributed by atoms with Gasteiger partial charge in [0, 0.05) is 5.92 Å². The molecule has 0 aromatic rings. The predicted octanol–water partition coefficient (Wildman–Crippen LogP) is 0.761. The Morgan fingerprint density at radius 3 is 2.50 bits per heavy atom. The van der Waals surface area contributed by atoms with Crippen LogP contribution in [0.2, 0.25) is 0 Å². The molecule has 1 rings (SSSR count). The van der Waals surface area contributed by atoms with Crippen LogP contribution >= 0.6 is 0 Å². The van der Waals surface area contributed by atoms with Crippen molar-refractivity contribution in [2.75, 3.05) is 0 Å². The fourth-order valence-corrected chi connectivity index (χ4v) is 0.387. The summed E-state index contributed by atoms with van der Waals surface area (Å²) >= 11 is 0. The first-order chi connectivity index (χ1) is 2.84. The van der Waals surface area contributed by atoms with Gasteiger partial charge >= 0.3 is 0 Å². The van der Waals surface area contributed by atoms with Crippen molar-refractivity contribution in [2.45, 2.75) is 6.92 Å². The Labute approximate surface area is 36.7 Å². The zero-order valence-corrected chi connectivity index (χ0v) is 3.64. The van der Waals surface area contributed by atoms with Crippen molar-refractivity contribution in [1.29, 1.82) is 0 Å². The second-order valence-electron chi connectivity index (χ2n) is 1.57. The molecular weight excluding hydrogens is 76.1 g/mol. The Morgan fingerprint density at radius 2 is 2.50 bits per heavy atom. The third kappa shape index (κ3) is 0.361. The number of hydrogen-bond acceptors (Lipinski definition) is 1. The average Bonchev–Trinajstić information content (AvgIpc) is 2.19. The van der Waals surface area contributed by atoms with Crippen LogP contribution in [0, 0.1) is 5.92 Å². The summed E-state index contributed by atoms with van der Waals surface area (Å²) in [6.07, 6.45) is 2.84. The molecule has 0 amide bonds. The summed E-state index contributed by atoms with van der Waals surface area (Å²) in [5, 5.41) is 0. The SMILES string of the molecule is CC1C=C1C=O. The Balaban J connectivity index is 2.42. The fraction of sp³-hybridized carbons (Fsp3) is 0.400. The molecule has 1 unspecified atom stereocenters. The highest BCUT2D eigenvalue weighted by Crippen LogP contribution is 2.24. The van der Waals surface area contributed by atoms with Crippen molar-refractivity contribution in [3.8, 4) is 0 Å². The van der Waals surface area contributed by atoms with Crippen molar-refractivity contribution in [3.63, 3.8) is 0 Å². The molecule has 0 aromatic heterocycles. The Hall–Kier alpha value is -0.590. The number of rotatable bonds is 1. The summed E-state index contributed by atoms with van der Waals surface area (Å²) in [5.74, 6) is 0.488. The quantitative estimate of drug-likeness (QED) is 0.427. The van der Waals surface area contributed by atoms with E-state index in [9.17, 15) is 4.79 Å². The molecule has 0 saturated heterocycles. The molecule has 0 saturated carbocycles. The Bertz CT molecular complexity index is 103. The number of carbonyl (C=O) groups excluding carboxylic acids is 1. The molecular formula is C5H6O. The van der Waals surface area contributed by atoms with E-state index in [1.165, 1.54) is 0 Å². The lowest BCUT2D eigenvalue weighted by Gasteiger charge is -1.69. The van der Waals surface area contributed by atoms with E-state index in [0.29, 0.717) is 5.92 Å². The van der Waals surface area contributed by atoms with Gasteiger partial charge in [-0.15, -0.1) is 0 Å². The normalized spacial score (nSPS) is 28.8. The first-order valence-corrected chi connectivity index (χ1v) is 2.01. The van der Waals surface area contributed by atoms with Gasteiger partial charge in [-0.05, 0) is 5.57 Å². The van der Waals surface area contributed by atoms with E-state index in [1.54, 1.807) is 0 Å². The van der Waals surface area contributed by atoms with Gasteiger partial charge in [0.2, 0.25) is 0 Å². The van der Waals surface area contributed by atoms with E-state index in [0.717, 1.165) is 11.9 Å². The van der Waals surface area contributed by atoms with Crippen LogP contribution < -0.4 is 0 Å². The zero-order chi connectivity index (χ0) is 4.57. The molecule has 0 bridgehead atoms. The topological polar surface area (TPSA) is 17.1 Å². The minimum Gasteiger partial charge on any atom is -0.298 e. The van der Waals surface area contributed by atoms with Crippen LogP contribution in [0.5, 0.6) is 0 Å². The lowest BCUT2D eigenvalue weighted by atomic mass is 10.4. The van der Waals surface area contributed by atoms with Crippen molar-refractivity contribution >= 4 is 6.29 Å². The Kier molecular flexibility index (Phi) is 0.560. The summed E-state index contributed by atoms with van der Waals surface area (Å²) in [7, 11) is 0. The van der Waals surface area contributed by atoms with Gasteiger partial charge < -0.3 is 0 Å². The van der Waals surface area contributed by atoms with Gasteiger partial charge in [-0.1, -0.05) is 13.0 Å². The largest absolute Gasteiger partial charge is 0.298 e. The van der Waals surface area contributed by atoms with Crippen LogP contribution in [-0.2, 0) is 4.79 Å². The third-order valence-corrected chi connectivity index (χ3v) is 0.995. The molecule has 0 spiro atoms. The summed E-state index contributed by atoms with van der Waals surface area (Å²) in [5.41, 5.74) is 0.954. The predicted molar refractivity (Wildman–Crippen MR) is 23.3 cm³/mol. The summed E-state index contributed by atoms with van der Waals surface area (Å²) in [6.45, 7) is 2.00. The van der Waals surface area contributed by atoms with Crippen LogP contribution in [0.1, 0.15) is 6.92 Å². The minimum absolute atomic E-state index is 0.488. The van der Waals surface area contributed by atoms with Gasteiger partial charge in [-0.25, -0.2) is 0 Å². The maximum absolute atomic E-state index is 9.71. The van der Waals surface area contributed by atoms with Crippen LogP contribution in [0.4, 0.5) is 0 Å². The fourth-order valence-electron chi connectivity index (χ4n) is 0.387. The van der Waals surface area contributed by atoms with Crippen LogP contribution in [0.25, 0.3) is 0 Å². The Morgan fingerprint density at radius 1 is 2.00 bits per heavy atom. The van der Waals surface area contributed by atoms with Gasteiger partial charge in [0.05, 0.1) is 0 Å². The van der Waals surface area contributed by atoms with E-state index < -0.39 is 0 Å². The molecule has 0 N–H and O–H groups in total. The number of carbonyl (C=O) groups is 1. The van der Waals surface area contributed by atoms with Gasteiger partial charge in [-0.2, -0.15) is 0 Å². The summed E-state index contributed by atoms with van der Waals surface area (Å²) in [4.78, 5) is 9.71. The zero-order valence-electron chi connectivity index (χ0n) is 3.64. The first kappa shape index (κ1) is 3.59. The van der Waals surface area contributed by atoms with Crippen LogP contribution in [0.15, 0.2) is 11.6 Å². The second kappa shape index (κ2) is 0.934. The van der Waals surface area contributed by atoms with Crippen molar-refractivity contribution in [2.24, 2.45) is 5.92 Å². The van der Waals surface area contributed by atoms with Crippen molar-refractivity contribution in [3.05, 3.63) is 11.6 Å². The first-order valence-electron chi connectivity index (χ1n) is 2.01.